The number of rotatable bonds is 8. The van der Waals surface area contributed by atoms with Crippen LogP contribution in [0.1, 0.15) is 49.3 Å². The number of para-hydroxylation sites is 2. The predicted molar refractivity (Wildman–Crippen MR) is 153 cm³/mol. The van der Waals surface area contributed by atoms with E-state index in [4.69, 9.17) is 0 Å². The predicted octanol–water partition coefficient (Wildman–Crippen LogP) is 6.96. The first kappa shape index (κ1) is 26.0. The highest BCUT2D eigenvalue weighted by atomic mass is 32.2. The minimum absolute atomic E-state index is 0.0474. The Morgan fingerprint density at radius 2 is 1.57 bits per heavy atom. The standard InChI is InChI=1S/C29H37N3OS2/c1-22-10-12-23(13-11-22)24-18-20-32(21-19-24)28-9-7-6-8-27(28)30-35(33)26-16-14-25(15-17-26)29(2,3)34-31(4)5/h6-17,24,30H,18-21H2,1-5H3. The van der Waals surface area contributed by atoms with Gasteiger partial charge in [0.1, 0.15) is 17.0 Å². The first-order valence-electron chi connectivity index (χ1n) is 12.3. The van der Waals surface area contributed by atoms with E-state index >= 15 is 0 Å². The molecule has 3 aromatic carbocycles. The zero-order valence-corrected chi connectivity index (χ0v) is 23.1. The number of hydrogen-bond acceptors (Lipinski definition) is 5. The quantitative estimate of drug-likeness (QED) is 0.264. The summed E-state index contributed by atoms with van der Waals surface area (Å²) in [7, 11) is 4.12. The molecule has 1 aliphatic heterocycles. The Balaban J connectivity index is 1.42. The third-order valence-corrected chi connectivity index (χ3v) is 8.83. The Labute approximate surface area is 218 Å². The molecule has 0 radical (unpaired) electrons. The number of piperidine rings is 1. The summed E-state index contributed by atoms with van der Waals surface area (Å²) in [5, 5.41) is 0. The van der Waals surface area contributed by atoms with E-state index in [1.807, 2.05) is 24.3 Å². The molecule has 0 bridgehead atoms. The molecule has 35 heavy (non-hydrogen) atoms. The van der Waals surface area contributed by atoms with Crippen molar-refractivity contribution in [2.24, 2.45) is 0 Å². The van der Waals surface area contributed by atoms with Gasteiger partial charge in [-0.2, -0.15) is 0 Å². The van der Waals surface area contributed by atoms with E-state index in [0.717, 1.165) is 42.2 Å². The number of hydrogen-bond donors (Lipinski definition) is 1. The molecule has 0 spiro atoms. The number of nitrogens with one attached hydrogen (secondary N) is 1. The number of nitrogens with zero attached hydrogens (tertiary/aromatic N) is 2. The highest BCUT2D eigenvalue weighted by molar-refractivity contribution is 7.97. The molecular weight excluding hydrogens is 470 g/mol. The minimum Gasteiger partial charge on any atom is -0.588 e. The Hall–Kier alpha value is -2.12. The summed E-state index contributed by atoms with van der Waals surface area (Å²) in [6.07, 6.45) is 2.26. The van der Waals surface area contributed by atoms with Gasteiger partial charge in [0.15, 0.2) is 4.90 Å². The van der Waals surface area contributed by atoms with Crippen LogP contribution in [0.25, 0.3) is 0 Å². The van der Waals surface area contributed by atoms with Crippen LogP contribution < -0.4 is 9.62 Å². The lowest BCUT2D eigenvalue weighted by molar-refractivity contribution is 0.506. The zero-order chi connectivity index (χ0) is 25.0. The fourth-order valence-electron chi connectivity index (χ4n) is 4.78. The molecule has 0 aliphatic carbocycles. The second-order valence-electron chi connectivity index (χ2n) is 10.00. The molecule has 0 aromatic heterocycles. The van der Waals surface area contributed by atoms with Gasteiger partial charge in [0.05, 0.1) is 5.69 Å². The second kappa shape index (κ2) is 11.3. The molecule has 4 rings (SSSR count). The van der Waals surface area contributed by atoms with E-state index in [1.54, 1.807) is 11.9 Å². The van der Waals surface area contributed by atoms with Crippen LogP contribution in [-0.4, -0.2) is 36.0 Å². The molecule has 3 aromatic rings. The molecule has 1 heterocycles. The van der Waals surface area contributed by atoms with Crippen LogP contribution in [0.5, 0.6) is 0 Å². The van der Waals surface area contributed by atoms with E-state index in [2.05, 4.69) is 97.3 Å². The van der Waals surface area contributed by atoms with Crippen molar-refractivity contribution in [2.45, 2.75) is 49.2 Å². The van der Waals surface area contributed by atoms with Crippen LogP contribution in [0, 0.1) is 6.92 Å². The Morgan fingerprint density at radius 1 is 0.943 bits per heavy atom. The monoisotopic (exact) mass is 507 g/mol. The van der Waals surface area contributed by atoms with E-state index in [0.29, 0.717) is 5.92 Å². The Bertz CT molecular complexity index is 1090. The largest absolute Gasteiger partial charge is 0.588 e. The molecule has 1 unspecified atom stereocenters. The minimum atomic E-state index is -1.33. The lowest BCUT2D eigenvalue weighted by Gasteiger charge is -2.35. The maximum absolute atomic E-state index is 13.2. The third-order valence-electron chi connectivity index (χ3n) is 6.67. The number of aryl methyl sites for hydroxylation is 1. The Morgan fingerprint density at radius 3 is 2.20 bits per heavy atom. The zero-order valence-electron chi connectivity index (χ0n) is 21.5. The van der Waals surface area contributed by atoms with Crippen molar-refractivity contribution in [1.29, 1.82) is 0 Å². The van der Waals surface area contributed by atoms with Crippen LogP contribution >= 0.6 is 11.9 Å². The fraction of sp³-hybridized carbons (Fsp3) is 0.379. The molecule has 0 amide bonds. The molecule has 6 heteroatoms. The summed E-state index contributed by atoms with van der Waals surface area (Å²) in [6.45, 7) is 8.55. The van der Waals surface area contributed by atoms with Crippen molar-refractivity contribution in [3.05, 3.63) is 89.5 Å². The number of anilines is 2. The highest BCUT2D eigenvalue weighted by Crippen LogP contribution is 2.38. The molecule has 1 aliphatic rings. The van der Waals surface area contributed by atoms with Gasteiger partial charge < -0.3 is 9.45 Å². The summed E-state index contributed by atoms with van der Waals surface area (Å²) in [6, 6.07) is 25.4. The van der Waals surface area contributed by atoms with Gasteiger partial charge in [-0.05, 0) is 89.0 Å². The summed E-state index contributed by atoms with van der Waals surface area (Å²) >= 11 is 0.452. The Kier molecular flexibility index (Phi) is 8.38. The van der Waals surface area contributed by atoms with Crippen LogP contribution in [-0.2, 0) is 16.1 Å². The number of benzene rings is 3. The van der Waals surface area contributed by atoms with Crippen molar-refractivity contribution in [2.75, 3.05) is 36.8 Å². The fourth-order valence-corrected chi connectivity index (χ4v) is 6.80. The molecule has 1 N–H and O–H groups in total. The van der Waals surface area contributed by atoms with Crippen molar-refractivity contribution >= 4 is 34.7 Å². The first-order valence-corrected chi connectivity index (χ1v) is 14.2. The maximum Gasteiger partial charge on any atom is 0.179 e. The van der Waals surface area contributed by atoms with Gasteiger partial charge in [-0.15, -0.1) is 0 Å². The van der Waals surface area contributed by atoms with Crippen LogP contribution in [0.2, 0.25) is 0 Å². The van der Waals surface area contributed by atoms with Crippen molar-refractivity contribution in [1.82, 2.24) is 4.31 Å². The van der Waals surface area contributed by atoms with Crippen LogP contribution in [0.15, 0.2) is 77.7 Å². The molecule has 1 fully saturated rings. The third kappa shape index (κ3) is 6.56. The van der Waals surface area contributed by atoms with Gasteiger partial charge in [0.2, 0.25) is 0 Å². The summed E-state index contributed by atoms with van der Waals surface area (Å²) in [5.41, 5.74) is 6.02. The van der Waals surface area contributed by atoms with Gasteiger partial charge in [-0.3, -0.25) is 4.31 Å². The van der Waals surface area contributed by atoms with Crippen molar-refractivity contribution in [3.8, 4) is 0 Å². The van der Waals surface area contributed by atoms with Crippen molar-refractivity contribution < 1.29 is 4.55 Å². The van der Waals surface area contributed by atoms with E-state index in [-0.39, 0.29) is 4.75 Å². The lowest BCUT2D eigenvalue weighted by atomic mass is 9.89. The smallest absolute Gasteiger partial charge is 0.179 e. The molecule has 4 nitrogen and oxygen atoms in total. The molecule has 1 atom stereocenters. The second-order valence-corrected chi connectivity index (χ2v) is 13.1. The maximum atomic E-state index is 13.2. The summed E-state index contributed by atoms with van der Waals surface area (Å²) in [4.78, 5) is 3.21. The average Bonchev–Trinajstić information content (AvgIpc) is 2.84. The lowest BCUT2D eigenvalue weighted by Crippen LogP contribution is -2.33. The van der Waals surface area contributed by atoms with Gasteiger partial charge in [-0.1, -0.05) is 66.0 Å². The average molecular weight is 508 g/mol. The van der Waals surface area contributed by atoms with E-state index < -0.39 is 11.4 Å². The van der Waals surface area contributed by atoms with Gasteiger partial charge in [0.25, 0.3) is 0 Å². The first-order chi connectivity index (χ1) is 16.7. The summed E-state index contributed by atoms with van der Waals surface area (Å²) < 4.78 is 18.6. The molecule has 186 valence electrons. The molecule has 1 saturated heterocycles. The van der Waals surface area contributed by atoms with Gasteiger partial charge in [-0.25, -0.2) is 4.72 Å². The van der Waals surface area contributed by atoms with Crippen LogP contribution in [0.4, 0.5) is 11.4 Å². The molecule has 0 saturated carbocycles. The SMILES string of the molecule is Cc1ccc(C2CCN(c3ccccc3N[S+]([O-])c3ccc(C(C)(C)SN(C)C)cc3)CC2)cc1. The van der Waals surface area contributed by atoms with Gasteiger partial charge in [0, 0.05) is 17.8 Å². The van der Waals surface area contributed by atoms with E-state index in [9.17, 15) is 4.55 Å². The van der Waals surface area contributed by atoms with Crippen molar-refractivity contribution in [3.63, 3.8) is 0 Å². The van der Waals surface area contributed by atoms with E-state index in [1.165, 1.54) is 16.7 Å². The van der Waals surface area contributed by atoms with Gasteiger partial charge >= 0.3 is 0 Å². The van der Waals surface area contributed by atoms with Crippen LogP contribution in [0.3, 0.4) is 0 Å². The topological polar surface area (TPSA) is 41.6 Å². The summed E-state index contributed by atoms with van der Waals surface area (Å²) in [5.74, 6) is 0.606. The molecular formula is C29H37N3OS2. The highest BCUT2D eigenvalue weighted by Gasteiger charge is 2.25. The normalized spacial score (nSPS) is 15.9.